The summed E-state index contributed by atoms with van der Waals surface area (Å²) in [6, 6.07) is 0. The van der Waals surface area contributed by atoms with Gasteiger partial charge in [-0.25, -0.2) is 0 Å². The quantitative estimate of drug-likeness (QED) is 0.617. The van der Waals surface area contributed by atoms with Gasteiger partial charge in [0.1, 0.15) is 0 Å². The van der Waals surface area contributed by atoms with Crippen molar-refractivity contribution in [1.29, 1.82) is 0 Å². The first-order valence-electron chi connectivity index (χ1n) is 6.19. The molecule has 0 fully saturated rings. The lowest BCUT2D eigenvalue weighted by Gasteiger charge is -2.23. The first-order chi connectivity index (χ1) is 7.19. The van der Waals surface area contributed by atoms with Crippen molar-refractivity contribution < 1.29 is 4.79 Å². The second-order valence-corrected chi connectivity index (χ2v) is 3.71. The van der Waals surface area contributed by atoms with E-state index in [-0.39, 0.29) is 5.91 Å². The molecule has 0 unspecified atom stereocenters. The fraction of sp³-hybridized carbons (Fsp3) is 0.917. The minimum atomic E-state index is 0.275. The molecular weight excluding hydrogens is 188 g/mol. The zero-order chi connectivity index (χ0) is 11.7. The molecule has 3 heteroatoms. The lowest BCUT2D eigenvalue weighted by atomic mass is 10.3. The lowest BCUT2D eigenvalue weighted by molar-refractivity contribution is -0.130. The summed E-state index contributed by atoms with van der Waals surface area (Å²) in [5, 5.41) is 0. The first kappa shape index (κ1) is 14.4. The zero-order valence-electron chi connectivity index (χ0n) is 10.8. The van der Waals surface area contributed by atoms with Gasteiger partial charge in [0, 0.05) is 19.5 Å². The van der Waals surface area contributed by atoms with E-state index >= 15 is 0 Å². The van der Waals surface area contributed by atoms with Crippen LogP contribution in [0.5, 0.6) is 0 Å². The molecule has 0 atom stereocenters. The van der Waals surface area contributed by atoms with Crippen LogP contribution >= 0.6 is 0 Å². The van der Waals surface area contributed by atoms with E-state index in [2.05, 4.69) is 18.7 Å². The predicted octanol–water partition coefficient (Wildman–Crippen LogP) is 1.98. The lowest BCUT2D eigenvalue weighted by Crippen LogP contribution is -2.33. The Morgan fingerprint density at radius 3 is 1.93 bits per heavy atom. The summed E-state index contributed by atoms with van der Waals surface area (Å²) in [6.45, 7) is 13.4. The molecule has 1 amide bonds. The van der Waals surface area contributed by atoms with Gasteiger partial charge in [0.15, 0.2) is 0 Å². The van der Waals surface area contributed by atoms with Crippen molar-refractivity contribution in [2.24, 2.45) is 0 Å². The van der Waals surface area contributed by atoms with Crippen LogP contribution in [0.25, 0.3) is 0 Å². The Balaban J connectivity index is 3.76. The Bertz CT molecular complexity index is 167. The van der Waals surface area contributed by atoms with Gasteiger partial charge in [-0.1, -0.05) is 20.8 Å². The first-order valence-corrected chi connectivity index (χ1v) is 6.19. The van der Waals surface area contributed by atoms with Crippen molar-refractivity contribution in [3.8, 4) is 0 Å². The number of rotatable bonds is 8. The average molecular weight is 214 g/mol. The zero-order valence-corrected chi connectivity index (χ0v) is 10.8. The second-order valence-electron chi connectivity index (χ2n) is 3.71. The molecule has 0 spiro atoms. The number of nitrogens with zero attached hydrogens (tertiary/aromatic N) is 2. The van der Waals surface area contributed by atoms with Crippen LogP contribution in [0.2, 0.25) is 0 Å². The molecule has 0 N–H and O–H groups in total. The molecule has 90 valence electrons. The molecule has 0 aliphatic rings. The van der Waals surface area contributed by atoms with Crippen molar-refractivity contribution in [1.82, 2.24) is 9.80 Å². The van der Waals surface area contributed by atoms with Gasteiger partial charge < -0.3 is 9.80 Å². The second kappa shape index (κ2) is 8.72. The standard InChI is InChI=1S/C12H26N2O/c1-5-12(15)14(8-4)11-9-10-13(6-2)7-3/h5-11H2,1-4H3. The number of hydrogen-bond acceptors (Lipinski definition) is 2. The van der Waals surface area contributed by atoms with Gasteiger partial charge in [-0.05, 0) is 33.0 Å². The minimum Gasteiger partial charge on any atom is -0.343 e. The maximum absolute atomic E-state index is 11.5. The van der Waals surface area contributed by atoms with Crippen LogP contribution in [-0.4, -0.2) is 48.4 Å². The summed E-state index contributed by atoms with van der Waals surface area (Å²) in [5.41, 5.74) is 0. The van der Waals surface area contributed by atoms with E-state index in [0.29, 0.717) is 6.42 Å². The van der Waals surface area contributed by atoms with Gasteiger partial charge >= 0.3 is 0 Å². The molecule has 0 saturated carbocycles. The molecule has 3 nitrogen and oxygen atoms in total. The molecule has 0 radical (unpaired) electrons. The summed E-state index contributed by atoms with van der Waals surface area (Å²) < 4.78 is 0. The summed E-state index contributed by atoms with van der Waals surface area (Å²) in [5.74, 6) is 0.275. The van der Waals surface area contributed by atoms with Crippen molar-refractivity contribution in [3.05, 3.63) is 0 Å². The van der Waals surface area contributed by atoms with E-state index in [1.165, 1.54) is 0 Å². The maximum atomic E-state index is 11.5. The van der Waals surface area contributed by atoms with Crippen LogP contribution < -0.4 is 0 Å². The molecule has 0 saturated heterocycles. The SMILES string of the molecule is CCC(=O)N(CC)CCCN(CC)CC. The topological polar surface area (TPSA) is 23.6 Å². The Morgan fingerprint density at radius 1 is 0.933 bits per heavy atom. The minimum absolute atomic E-state index is 0.275. The highest BCUT2D eigenvalue weighted by molar-refractivity contribution is 5.75. The number of hydrogen-bond donors (Lipinski definition) is 0. The third kappa shape index (κ3) is 5.78. The molecule has 15 heavy (non-hydrogen) atoms. The smallest absolute Gasteiger partial charge is 0.222 e. The normalized spacial score (nSPS) is 10.7. The highest BCUT2D eigenvalue weighted by atomic mass is 16.2. The van der Waals surface area contributed by atoms with Crippen LogP contribution in [0.15, 0.2) is 0 Å². The van der Waals surface area contributed by atoms with Crippen molar-refractivity contribution in [3.63, 3.8) is 0 Å². The van der Waals surface area contributed by atoms with Crippen LogP contribution in [0.1, 0.15) is 40.5 Å². The monoisotopic (exact) mass is 214 g/mol. The molecule has 0 aliphatic carbocycles. The molecule has 0 aliphatic heterocycles. The number of carbonyl (C=O) groups excluding carboxylic acids is 1. The molecule has 0 heterocycles. The van der Waals surface area contributed by atoms with E-state index in [0.717, 1.165) is 39.1 Å². The van der Waals surface area contributed by atoms with Gasteiger partial charge in [0.25, 0.3) is 0 Å². The predicted molar refractivity (Wildman–Crippen MR) is 65.0 cm³/mol. The Hall–Kier alpha value is -0.570. The van der Waals surface area contributed by atoms with Crippen molar-refractivity contribution in [2.45, 2.75) is 40.5 Å². The molecule has 0 aromatic rings. The Labute approximate surface area is 94.4 Å². The Morgan fingerprint density at radius 2 is 1.53 bits per heavy atom. The molecule has 0 aromatic carbocycles. The van der Waals surface area contributed by atoms with Crippen LogP contribution in [0, 0.1) is 0 Å². The van der Waals surface area contributed by atoms with E-state index in [1.54, 1.807) is 0 Å². The molecular formula is C12H26N2O. The summed E-state index contributed by atoms with van der Waals surface area (Å²) >= 11 is 0. The van der Waals surface area contributed by atoms with Gasteiger partial charge in [-0.2, -0.15) is 0 Å². The molecule has 0 bridgehead atoms. The van der Waals surface area contributed by atoms with Crippen LogP contribution in [0.3, 0.4) is 0 Å². The summed E-state index contributed by atoms with van der Waals surface area (Å²) in [6.07, 6.45) is 1.71. The van der Waals surface area contributed by atoms with E-state index < -0.39 is 0 Å². The summed E-state index contributed by atoms with van der Waals surface area (Å²) in [4.78, 5) is 15.8. The molecule has 0 aromatic heterocycles. The third-order valence-corrected chi connectivity index (χ3v) is 2.83. The van der Waals surface area contributed by atoms with E-state index in [1.807, 2.05) is 18.7 Å². The van der Waals surface area contributed by atoms with Gasteiger partial charge in [0.2, 0.25) is 5.91 Å². The summed E-state index contributed by atoms with van der Waals surface area (Å²) in [7, 11) is 0. The van der Waals surface area contributed by atoms with Gasteiger partial charge in [-0.15, -0.1) is 0 Å². The van der Waals surface area contributed by atoms with Crippen molar-refractivity contribution >= 4 is 5.91 Å². The largest absolute Gasteiger partial charge is 0.343 e. The average Bonchev–Trinajstić information content (AvgIpc) is 2.28. The highest BCUT2D eigenvalue weighted by Gasteiger charge is 2.08. The fourth-order valence-electron chi connectivity index (χ4n) is 1.71. The molecule has 0 rings (SSSR count). The Kier molecular flexibility index (Phi) is 8.38. The highest BCUT2D eigenvalue weighted by Crippen LogP contribution is 1.98. The van der Waals surface area contributed by atoms with E-state index in [4.69, 9.17) is 0 Å². The van der Waals surface area contributed by atoms with Crippen molar-refractivity contribution in [2.75, 3.05) is 32.7 Å². The number of carbonyl (C=O) groups is 1. The third-order valence-electron chi connectivity index (χ3n) is 2.83. The fourth-order valence-corrected chi connectivity index (χ4v) is 1.71. The van der Waals surface area contributed by atoms with Crippen LogP contribution in [0.4, 0.5) is 0 Å². The number of amides is 1. The maximum Gasteiger partial charge on any atom is 0.222 e. The van der Waals surface area contributed by atoms with Crippen LogP contribution in [-0.2, 0) is 4.79 Å². The van der Waals surface area contributed by atoms with Gasteiger partial charge in [-0.3, -0.25) is 4.79 Å². The van der Waals surface area contributed by atoms with E-state index in [9.17, 15) is 4.79 Å². The van der Waals surface area contributed by atoms with Gasteiger partial charge in [0.05, 0.1) is 0 Å².